The molecule has 1 aromatic carbocycles. The molecule has 1 N–H and O–H groups in total. The zero-order chi connectivity index (χ0) is 13.1. The van der Waals surface area contributed by atoms with Gasteiger partial charge < -0.3 is 14.4 Å². The molecular formula is C13H15NO3S. The summed E-state index contributed by atoms with van der Waals surface area (Å²) in [4.78, 5) is 10.5. The van der Waals surface area contributed by atoms with Crippen molar-refractivity contribution in [2.45, 2.75) is 11.4 Å². The first-order valence-corrected chi connectivity index (χ1v) is 6.59. The molecule has 2 aromatic rings. The number of aromatic nitrogens is 1. The lowest BCUT2D eigenvalue weighted by molar-refractivity contribution is -0.136. The first kappa shape index (κ1) is 12.8. The van der Waals surface area contributed by atoms with Gasteiger partial charge in [0.15, 0.2) is 0 Å². The summed E-state index contributed by atoms with van der Waals surface area (Å²) in [6.45, 7) is 0. The molecule has 0 radical (unpaired) electrons. The highest BCUT2D eigenvalue weighted by Gasteiger charge is 2.10. The number of hydrogen-bond acceptors (Lipinski definition) is 3. The third-order valence-corrected chi connectivity index (χ3v) is 3.86. The fourth-order valence-corrected chi connectivity index (χ4v) is 2.88. The molecular weight excluding hydrogens is 250 g/mol. The Morgan fingerprint density at radius 2 is 2.28 bits per heavy atom. The molecule has 0 atom stereocenters. The molecule has 0 fully saturated rings. The van der Waals surface area contributed by atoms with Crippen molar-refractivity contribution in [3.8, 4) is 5.75 Å². The quantitative estimate of drug-likeness (QED) is 0.845. The molecule has 0 spiro atoms. The molecule has 0 saturated heterocycles. The van der Waals surface area contributed by atoms with Crippen LogP contribution in [-0.2, 0) is 11.8 Å². The van der Waals surface area contributed by atoms with Crippen LogP contribution in [0.5, 0.6) is 5.75 Å². The lowest BCUT2D eigenvalue weighted by Crippen LogP contribution is -1.97. The van der Waals surface area contributed by atoms with Gasteiger partial charge in [-0.2, -0.15) is 0 Å². The molecule has 96 valence electrons. The number of fused-ring (bicyclic) bond motifs is 1. The second-order valence-electron chi connectivity index (χ2n) is 3.93. The second kappa shape index (κ2) is 5.35. The van der Waals surface area contributed by atoms with Gasteiger partial charge in [-0.3, -0.25) is 4.79 Å². The Balaban J connectivity index is 2.30. The summed E-state index contributed by atoms with van der Waals surface area (Å²) < 4.78 is 7.38. The van der Waals surface area contributed by atoms with Crippen LogP contribution in [0.3, 0.4) is 0 Å². The number of para-hydroxylation sites is 1. The third kappa shape index (κ3) is 2.46. The minimum atomic E-state index is -0.765. The molecule has 1 heterocycles. The fraction of sp³-hybridized carbons (Fsp3) is 0.308. The van der Waals surface area contributed by atoms with Gasteiger partial charge in [0.25, 0.3) is 0 Å². The Labute approximate surface area is 110 Å². The van der Waals surface area contributed by atoms with Gasteiger partial charge >= 0.3 is 5.97 Å². The number of nitrogens with zero attached hydrogens (tertiary/aromatic N) is 1. The summed E-state index contributed by atoms with van der Waals surface area (Å²) in [5, 5.41) is 10.8. The van der Waals surface area contributed by atoms with Crippen LogP contribution in [0, 0.1) is 0 Å². The molecule has 0 aliphatic rings. The average Bonchev–Trinajstić information content (AvgIpc) is 2.66. The van der Waals surface area contributed by atoms with Crippen molar-refractivity contribution in [3.05, 3.63) is 24.3 Å². The molecule has 4 nitrogen and oxygen atoms in total. The first-order chi connectivity index (χ1) is 8.63. The van der Waals surface area contributed by atoms with E-state index in [0.717, 1.165) is 21.7 Å². The highest BCUT2D eigenvalue weighted by Crippen LogP contribution is 2.32. The SMILES string of the molecule is COc1cccc2cc(SCCC(=O)O)n(C)c12. The van der Waals surface area contributed by atoms with Crippen molar-refractivity contribution in [1.82, 2.24) is 4.57 Å². The zero-order valence-electron chi connectivity index (χ0n) is 10.3. The molecule has 0 aliphatic carbocycles. The van der Waals surface area contributed by atoms with Crippen LogP contribution in [0.25, 0.3) is 10.9 Å². The van der Waals surface area contributed by atoms with E-state index in [-0.39, 0.29) is 6.42 Å². The summed E-state index contributed by atoms with van der Waals surface area (Å²) in [6, 6.07) is 7.96. The van der Waals surface area contributed by atoms with Crippen LogP contribution in [0.4, 0.5) is 0 Å². The van der Waals surface area contributed by atoms with Gasteiger partial charge in [0.1, 0.15) is 5.75 Å². The Morgan fingerprint density at radius 1 is 1.50 bits per heavy atom. The largest absolute Gasteiger partial charge is 0.495 e. The Morgan fingerprint density at radius 3 is 2.94 bits per heavy atom. The van der Waals surface area contributed by atoms with Crippen LogP contribution in [0.2, 0.25) is 0 Å². The first-order valence-electron chi connectivity index (χ1n) is 5.60. The summed E-state index contributed by atoms with van der Waals surface area (Å²) in [5.41, 5.74) is 1.04. The number of methoxy groups -OCH3 is 1. The standard InChI is InChI=1S/C13H15NO3S/c1-14-11(18-7-6-12(15)16)8-9-4-3-5-10(17-2)13(9)14/h3-5,8H,6-7H2,1-2H3,(H,15,16). The van der Waals surface area contributed by atoms with E-state index in [1.165, 1.54) is 0 Å². The molecule has 0 unspecified atom stereocenters. The van der Waals surface area contributed by atoms with Gasteiger partial charge in [0.2, 0.25) is 0 Å². The number of thioether (sulfide) groups is 1. The fourth-order valence-electron chi connectivity index (χ4n) is 1.90. The molecule has 2 rings (SSSR count). The molecule has 0 bridgehead atoms. The van der Waals surface area contributed by atoms with E-state index >= 15 is 0 Å². The number of hydrogen-bond donors (Lipinski definition) is 1. The molecule has 0 saturated carbocycles. The predicted molar refractivity (Wildman–Crippen MR) is 72.4 cm³/mol. The molecule has 5 heteroatoms. The topological polar surface area (TPSA) is 51.5 Å². The van der Waals surface area contributed by atoms with Crippen molar-refractivity contribution in [1.29, 1.82) is 0 Å². The summed E-state index contributed by atoms with van der Waals surface area (Å²) >= 11 is 1.55. The van der Waals surface area contributed by atoms with Crippen LogP contribution in [0.1, 0.15) is 6.42 Å². The molecule has 0 amide bonds. The summed E-state index contributed by atoms with van der Waals surface area (Å²) in [6.07, 6.45) is 0.170. The van der Waals surface area contributed by atoms with E-state index in [1.807, 2.05) is 29.8 Å². The minimum Gasteiger partial charge on any atom is -0.495 e. The van der Waals surface area contributed by atoms with Gasteiger partial charge in [0, 0.05) is 18.2 Å². The monoisotopic (exact) mass is 265 g/mol. The number of ether oxygens (including phenoxy) is 1. The van der Waals surface area contributed by atoms with E-state index in [2.05, 4.69) is 6.07 Å². The van der Waals surface area contributed by atoms with Gasteiger partial charge in [-0.25, -0.2) is 0 Å². The number of carboxylic acids is 1. The van der Waals surface area contributed by atoms with Crippen molar-refractivity contribution >= 4 is 28.6 Å². The van der Waals surface area contributed by atoms with E-state index in [4.69, 9.17) is 9.84 Å². The Bertz CT molecular complexity index is 577. The normalized spacial score (nSPS) is 10.8. The van der Waals surface area contributed by atoms with Crippen LogP contribution in [0.15, 0.2) is 29.3 Å². The Hall–Kier alpha value is -1.62. The van der Waals surface area contributed by atoms with Gasteiger partial charge in [0.05, 0.1) is 24.1 Å². The number of carboxylic acid groups (broad SMARTS) is 1. The van der Waals surface area contributed by atoms with E-state index in [0.29, 0.717) is 5.75 Å². The maximum atomic E-state index is 10.5. The highest BCUT2D eigenvalue weighted by atomic mass is 32.2. The van der Waals surface area contributed by atoms with Gasteiger partial charge in [-0.05, 0) is 12.1 Å². The summed E-state index contributed by atoms with van der Waals surface area (Å²) in [7, 11) is 3.62. The lowest BCUT2D eigenvalue weighted by Gasteiger charge is -2.06. The van der Waals surface area contributed by atoms with E-state index < -0.39 is 5.97 Å². The number of carbonyl (C=O) groups is 1. The van der Waals surface area contributed by atoms with Crippen molar-refractivity contribution in [3.63, 3.8) is 0 Å². The molecule has 18 heavy (non-hydrogen) atoms. The maximum absolute atomic E-state index is 10.5. The number of aliphatic carboxylic acids is 1. The van der Waals surface area contributed by atoms with E-state index in [1.54, 1.807) is 18.9 Å². The number of aryl methyl sites for hydroxylation is 1. The third-order valence-electron chi connectivity index (χ3n) is 2.76. The molecule has 1 aromatic heterocycles. The minimum absolute atomic E-state index is 0.170. The number of rotatable bonds is 5. The van der Waals surface area contributed by atoms with Crippen molar-refractivity contribution < 1.29 is 14.6 Å². The predicted octanol–water partition coefficient (Wildman–Crippen LogP) is 2.75. The van der Waals surface area contributed by atoms with Crippen LogP contribution in [-0.4, -0.2) is 28.5 Å². The average molecular weight is 265 g/mol. The van der Waals surface area contributed by atoms with Crippen LogP contribution >= 0.6 is 11.8 Å². The van der Waals surface area contributed by atoms with Gasteiger partial charge in [-0.15, -0.1) is 11.8 Å². The lowest BCUT2D eigenvalue weighted by atomic mass is 10.2. The number of benzene rings is 1. The summed E-state index contributed by atoms with van der Waals surface area (Å²) in [5.74, 6) is 0.640. The highest BCUT2D eigenvalue weighted by molar-refractivity contribution is 7.99. The second-order valence-corrected chi connectivity index (χ2v) is 5.05. The maximum Gasteiger partial charge on any atom is 0.304 e. The van der Waals surface area contributed by atoms with Crippen molar-refractivity contribution in [2.75, 3.05) is 12.9 Å². The smallest absolute Gasteiger partial charge is 0.304 e. The van der Waals surface area contributed by atoms with Gasteiger partial charge in [-0.1, -0.05) is 12.1 Å². The molecule has 0 aliphatic heterocycles. The Kier molecular flexibility index (Phi) is 3.81. The van der Waals surface area contributed by atoms with Crippen LogP contribution < -0.4 is 4.74 Å². The zero-order valence-corrected chi connectivity index (χ0v) is 11.2. The van der Waals surface area contributed by atoms with E-state index in [9.17, 15) is 4.79 Å². The van der Waals surface area contributed by atoms with Crippen molar-refractivity contribution in [2.24, 2.45) is 7.05 Å².